The van der Waals surface area contributed by atoms with Crippen LogP contribution in [0.2, 0.25) is 0 Å². The van der Waals surface area contributed by atoms with Gasteiger partial charge in [0, 0.05) is 23.4 Å². The number of esters is 1. The van der Waals surface area contributed by atoms with Gasteiger partial charge in [-0.15, -0.1) is 0 Å². The third-order valence-corrected chi connectivity index (χ3v) is 6.16. The first-order chi connectivity index (χ1) is 17.7. The fraction of sp³-hybridized carbons (Fsp3) is 0.296. The van der Waals surface area contributed by atoms with Gasteiger partial charge in [0.15, 0.2) is 5.82 Å². The summed E-state index contributed by atoms with van der Waals surface area (Å²) < 4.78 is 11.0. The van der Waals surface area contributed by atoms with Crippen LogP contribution >= 0.6 is 0 Å². The molecule has 0 amide bonds. The fourth-order valence-corrected chi connectivity index (χ4v) is 4.14. The van der Waals surface area contributed by atoms with Crippen molar-refractivity contribution in [2.45, 2.75) is 45.3 Å². The van der Waals surface area contributed by atoms with E-state index in [1.165, 1.54) is 0 Å². The smallest absolute Gasteiger partial charge is 0.339 e. The molecule has 0 unspecified atom stereocenters. The number of cyclic esters (lactones) is 1. The minimum Gasteiger partial charge on any atom is -0.451 e. The number of hydrogen-bond acceptors (Lipinski definition) is 10. The number of anilines is 3. The molecule has 0 fully saturated rings. The topological polar surface area (TPSA) is 135 Å². The monoisotopic (exact) mass is 500 g/mol. The molecule has 0 saturated carbocycles. The zero-order valence-electron chi connectivity index (χ0n) is 21.0. The van der Waals surface area contributed by atoms with E-state index >= 15 is 0 Å². The molecule has 37 heavy (non-hydrogen) atoms. The lowest BCUT2D eigenvalue weighted by atomic mass is 9.95. The predicted octanol–water partition coefficient (Wildman–Crippen LogP) is 4.94. The number of ether oxygens (including phenoxy) is 1. The first-order valence-electron chi connectivity index (χ1n) is 12.0. The number of hydrogen-bond donors (Lipinski definition) is 3. The van der Waals surface area contributed by atoms with Gasteiger partial charge >= 0.3 is 5.97 Å². The van der Waals surface area contributed by atoms with Crippen molar-refractivity contribution >= 4 is 23.4 Å². The average molecular weight is 501 g/mol. The van der Waals surface area contributed by atoms with Crippen LogP contribution in [0, 0.1) is 0 Å². The van der Waals surface area contributed by atoms with Crippen molar-refractivity contribution in [3.05, 3.63) is 77.2 Å². The Balaban J connectivity index is 1.51. The van der Waals surface area contributed by atoms with Gasteiger partial charge in [-0.2, -0.15) is 9.97 Å². The number of benzene rings is 2. The summed E-state index contributed by atoms with van der Waals surface area (Å²) >= 11 is 0. The summed E-state index contributed by atoms with van der Waals surface area (Å²) in [6.07, 6.45) is 1.60. The summed E-state index contributed by atoms with van der Waals surface area (Å²) in [6, 6.07) is 14.5. The van der Waals surface area contributed by atoms with Crippen molar-refractivity contribution in [1.82, 2.24) is 20.1 Å². The molecule has 3 N–H and O–H groups in total. The van der Waals surface area contributed by atoms with Gasteiger partial charge in [0.25, 0.3) is 5.89 Å². The molecule has 0 spiro atoms. The minimum absolute atomic E-state index is 0.0881. The molecule has 1 aliphatic rings. The average Bonchev–Trinajstić information content (AvgIpc) is 3.46. The Morgan fingerprint density at radius 2 is 1.84 bits per heavy atom. The van der Waals surface area contributed by atoms with E-state index in [1.807, 2.05) is 64.1 Å². The molecule has 2 aromatic heterocycles. The van der Waals surface area contributed by atoms with Crippen molar-refractivity contribution < 1.29 is 19.2 Å². The number of nitrogens with one attached hydrogen (secondary N) is 2. The molecule has 10 nitrogen and oxygen atoms in total. The first kappa shape index (κ1) is 24.4. The number of aliphatic hydroxyl groups excluding tert-OH is 1. The highest BCUT2D eigenvalue weighted by atomic mass is 16.6. The molecule has 1 aliphatic heterocycles. The molecule has 4 aromatic rings. The number of fused-ring (bicyclic) bond motifs is 1. The largest absolute Gasteiger partial charge is 0.451 e. The van der Waals surface area contributed by atoms with Crippen LogP contribution in [0.4, 0.5) is 17.5 Å². The standard InChI is InChI=1S/C27H28N6O4/c1-15(2)22-31-24(37-33-22)19-13-28-26(32-23(19)30-21(14-34)16-8-6-5-7-9-16)29-17-10-11-18-20(12-17)27(3,4)36-25(18)35/h5-13,15,21,34H,14H2,1-4H3,(H2,28,29,30,32)/t21-/m1/s1. The van der Waals surface area contributed by atoms with Crippen molar-refractivity contribution in [3.8, 4) is 11.5 Å². The van der Waals surface area contributed by atoms with Gasteiger partial charge in [-0.25, -0.2) is 9.78 Å². The highest BCUT2D eigenvalue weighted by Crippen LogP contribution is 2.38. The quantitative estimate of drug-likeness (QED) is 0.285. The van der Waals surface area contributed by atoms with Gasteiger partial charge < -0.3 is 25.0 Å². The van der Waals surface area contributed by atoms with Crippen molar-refractivity contribution in [2.24, 2.45) is 0 Å². The van der Waals surface area contributed by atoms with Gasteiger partial charge in [0.2, 0.25) is 5.95 Å². The summed E-state index contributed by atoms with van der Waals surface area (Å²) in [5, 5.41) is 20.7. The maximum absolute atomic E-state index is 12.1. The maximum atomic E-state index is 12.1. The van der Waals surface area contributed by atoms with Crippen LogP contribution in [0.15, 0.2) is 59.3 Å². The Morgan fingerprint density at radius 1 is 1.05 bits per heavy atom. The van der Waals surface area contributed by atoms with Crippen LogP contribution in [-0.2, 0) is 10.3 Å². The third kappa shape index (κ3) is 4.88. The molecule has 0 radical (unpaired) electrons. The summed E-state index contributed by atoms with van der Waals surface area (Å²) in [6.45, 7) is 7.49. The van der Waals surface area contributed by atoms with E-state index in [-0.39, 0.29) is 24.4 Å². The van der Waals surface area contributed by atoms with Gasteiger partial charge in [-0.3, -0.25) is 0 Å². The normalized spacial score (nSPS) is 14.8. The maximum Gasteiger partial charge on any atom is 0.339 e. The van der Waals surface area contributed by atoms with Crippen LogP contribution in [-0.4, -0.2) is 37.8 Å². The van der Waals surface area contributed by atoms with Gasteiger partial charge in [0.1, 0.15) is 17.0 Å². The van der Waals surface area contributed by atoms with Crippen LogP contribution in [0.5, 0.6) is 0 Å². The Kier molecular flexibility index (Phi) is 6.34. The zero-order valence-corrected chi connectivity index (χ0v) is 21.0. The fourth-order valence-electron chi connectivity index (χ4n) is 4.14. The molecule has 2 aromatic carbocycles. The number of aliphatic hydroxyl groups is 1. The molecule has 10 heteroatoms. The van der Waals surface area contributed by atoms with Crippen LogP contribution in [0.1, 0.15) is 67.0 Å². The number of aromatic nitrogens is 4. The Morgan fingerprint density at radius 3 is 2.54 bits per heavy atom. The van der Waals surface area contributed by atoms with E-state index in [4.69, 9.17) is 9.26 Å². The molecule has 5 rings (SSSR count). The SMILES string of the molecule is CC(C)c1noc(-c2cnc(Nc3ccc4c(c3)C(C)(C)OC4=O)nc2N[C@H](CO)c2ccccc2)n1. The summed E-state index contributed by atoms with van der Waals surface area (Å²) in [5.41, 5.74) is 2.70. The molecule has 3 heterocycles. The minimum atomic E-state index is -0.725. The summed E-state index contributed by atoms with van der Waals surface area (Å²) in [4.78, 5) is 25.8. The van der Waals surface area contributed by atoms with Crippen LogP contribution < -0.4 is 10.6 Å². The number of rotatable bonds is 8. The van der Waals surface area contributed by atoms with E-state index in [9.17, 15) is 9.90 Å². The molecule has 0 bridgehead atoms. The Labute approximate surface area is 214 Å². The molecular formula is C27H28N6O4. The number of carbonyl (C=O) groups excluding carboxylic acids is 1. The Hall–Kier alpha value is -4.31. The second kappa shape index (κ2) is 9.62. The highest BCUT2D eigenvalue weighted by molar-refractivity contribution is 5.95. The van der Waals surface area contributed by atoms with E-state index in [2.05, 4.69) is 30.7 Å². The molecular weight excluding hydrogens is 472 g/mol. The zero-order chi connectivity index (χ0) is 26.2. The molecule has 0 saturated heterocycles. The summed E-state index contributed by atoms with van der Waals surface area (Å²) in [5.74, 6) is 1.32. The van der Waals surface area contributed by atoms with E-state index < -0.39 is 11.6 Å². The van der Waals surface area contributed by atoms with Gasteiger partial charge in [0.05, 0.1) is 18.2 Å². The number of carbonyl (C=O) groups is 1. The second-order valence-electron chi connectivity index (χ2n) is 9.64. The highest BCUT2D eigenvalue weighted by Gasteiger charge is 2.37. The van der Waals surface area contributed by atoms with Crippen molar-refractivity contribution in [1.29, 1.82) is 0 Å². The van der Waals surface area contributed by atoms with Gasteiger partial charge in [-0.05, 0) is 37.6 Å². The van der Waals surface area contributed by atoms with Gasteiger partial charge in [-0.1, -0.05) is 49.3 Å². The van der Waals surface area contributed by atoms with E-state index in [0.717, 1.165) is 11.1 Å². The Bertz CT molecular complexity index is 1430. The van der Waals surface area contributed by atoms with Crippen molar-refractivity contribution in [2.75, 3.05) is 17.2 Å². The molecule has 0 aliphatic carbocycles. The first-order valence-corrected chi connectivity index (χ1v) is 12.0. The second-order valence-corrected chi connectivity index (χ2v) is 9.64. The van der Waals surface area contributed by atoms with E-state index in [1.54, 1.807) is 18.3 Å². The lowest BCUT2D eigenvalue weighted by Gasteiger charge is -2.20. The predicted molar refractivity (Wildman–Crippen MR) is 137 cm³/mol. The van der Waals surface area contributed by atoms with Crippen molar-refractivity contribution in [3.63, 3.8) is 0 Å². The van der Waals surface area contributed by atoms with Crippen LogP contribution in [0.25, 0.3) is 11.5 Å². The lowest BCUT2D eigenvalue weighted by Crippen LogP contribution is -2.17. The summed E-state index contributed by atoms with van der Waals surface area (Å²) in [7, 11) is 0. The number of nitrogens with zero attached hydrogens (tertiary/aromatic N) is 4. The lowest BCUT2D eigenvalue weighted by molar-refractivity contribution is 0.00954. The van der Waals surface area contributed by atoms with E-state index in [0.29, 0.717) is 34.4 Å². The molecule has 190 valence electrons. The molecule has 1 atom stereocenters. The van der Waals surface area contributed by atoms with Crippen LogP contribution in [0.3, 0.4) is 0 Å². The third-order valence-electron chi connectivity index (χ3n) is 6.16.